The largest absolute Gasteiger partial charge is 0.381 e. The number of likely N-dealkylation sites (tertiary alicyclic amines) is 1. The molecule has 1 amide bonds. The summed E-state index contributed by atoms with van der Waals surface area (Å²) < 4.78 is 13.4. The van der Waals surface area contributed by atoms with Crippen molar-refractivity contribution >= 4 is 17.7 Å². The number of amides is 1. The van der Waals surface area contributed by atoms with Crippen molar-refractivity contribution in [3.63, 3.8) is 0 Å². The standard InChI is InChI=1S/C17H25N3O3S/c1-19-5-2-15(18-19)16(21)20-11-17(12-20)8-14(10-24-17)23-9-13-3-6-22-7-4-13/h2,5,13-14H,3-4,6-12H2,1H3/t14-/m0/s1. The Kier molecular flexibility index (Phi) is 4.58. The molecule has 0 unspecified atom stereocenters. The lowest BCUT2D eigenvalue weighted by atomic mass is 9.92. The van der Waals surface area contributed by atoms with E-state index in [2.05, 4.69) is 5.10 Å². The van der Waals surface area contributed by atoms with Gasteiger partial charge in [0.25, 0.3) is 5.91 Å². The molecule has 0 radical (unpaired) electrons. The summed E-state index contributed by atoms with van der Waals surface area (Å²) in [4.78, 5) is 14.3. The number of aryl methyl sites for hydroxylation is 1. The highest BCUT2D eigenvalue weighted by atomic mass is 32.2. The van der Waals surface area contributed by atoms with Gasteiger partial charge < -0.3 is 14.4 Å². The fourth-order valence-electron chi connectivity index (χ4n) is 3.80. The minimum atomic E-state index is 0.0494. The van der Waals surface area contributed by atoms with Gasteiger partial charge >= 0.3 is 0 Å². The molecule has 4 heterocycles. The molecule has 4 rings (SSSR count). The second kappa shape index (κ2) is 6.69. The van der Waals surface area contributed by atoms with Crippen molar-refractivity contribution in [2.24, 2.45) is 13.0 Å². The lowest BCUT2D eigenvalue weighted by Gasteiger charge is -2.47. The average Bonchev–Trinajstić information content (AvgIpc) is 3.18. The summed E-state index contributed by atoms with van der Waals surface area (Å²) >= 11 is 1.98. The smallest absolute Gasteiger partial charge is 0.274 e. The van der Waals surface area contributed by atoms with Crippen LogP contribution in [-0.4, -0.2) is 70.1 Å². The number of aromatic nitrogens is 2. The van der Waals surface area contributed by atoms with Gasteiger partial charge in [0, 0.05) is 51.9 Å². The third-order valence-corrected chi connectivity index (χ3v) is 6.84. The number of ether oxygens (including phenoxy) is 2. The number of hydrogen-bond donors (Lipinski definition) is 0. The number of nitrogens with zero attached hydrogens (tertiary/aromatic N) is 3. The van der Waals surface area contributed by atoms with Crippen molar-refractivity contribution in [2.75, 3.05) is 38.7 Å². The fourth-order valence-corrected chi connectivity index (χ4v) is 5.35. The average molecular weight is 351 g/mol. The van der Waals surface area contributed by atoms with Crippen molar-refractivity contribution in [2.45, 2.75) is 30.1 Å². The van der Waals surface area contributed by atoms with Crippen molar-refractivity contribution in [3.05, 3.63) is 18.0 Å². The molecule has 0 bridgehead atoms. The Morgan fingerprint density at radius 1 is 1.46 bits per heavy atom. The van der Waals surface area contributed by atoms with Gasteiger partial charge in [-0.2, -0.15) is 5.10 Å². The topological polar surface area (TPSA) is 56.6 Å². The van der Waals surface area contributed by atoms with Gasteiger partial charge in [-0.1, -0.05) is 0 Å². The minimum absolute atomic E-state index is 0.0494. The molecule has 24 heavy (non-hydrogen) atoms. The van der Waals surface area contributed by atoms with Crippen LogP contribution in [0.25, 0.3) is 0 Å². The number of thioether (sulfide) groups is 1. The van der Waals surface area contributed by atoms with E-state index in [1.54, 1.807) is 10.7 Å². The van der Waals surface area contributed by atoms with E-state index >= 15 is 0 Å². The van der Waals surface area contributed by atoms with Crippen molar-refractivity contribution in [1.82, 2.24) is 14.7 Å². The molecule has 6 nitrogen and oxygen atoms in total. The summed E-state index contributed by atoms with van der Waals surface area (Å²) in [6.45, 7) is 4.26. The van der Waals surface area contributed by atoms with E-state index in [4.69, 9.17) is 9.47 Å². The monoisotopic (exact) mass is 351 g/mol. The molecule has 7 heteroatoms. The first-order valence-corrected chi connectivity index (χ1v) is 9.74. The molecular formula is C17H25N3O3S. The Bertz CT molecular complexity index is 594. The molecule has 1 spiro atoms. The molecule has 132 valence electrons. The van der Waals surface area contributed by atoms with Crippen molar-refractivity contribution in [3.8, 4) is 0 Å². The summed E-state index contributed by atoms with van der Waals surface area (Å²) in [5.74, 6) is 1.76. The van der Waals surface area contributed by atoms with Gasteiger partial charge in [-0.05, 0) is 31.2 Å². The van der Waals surface area contributed by atoms with Gasteiger partial charge in [0.1, 0.15) is 5.69 Å². The normalized spacial score (nSPS) is 26.7. The molecule has 3 aliphatic rings. The van der Waals surface area contributed by atoms with Crippen LogP contribution in [0.15, 0.2) is 12.3 Å². The summed E-state index contributed by atoms with van der Waals surface area (Å²) in [5.41, 5.74) is 0.544. The maximum absolute atomic E-state index is 12.4. The van der Waals surface area contributed by atoms with E-state index in [-0.39, 0.29) is 10.7 Å². The Morgan fingerprint density at radius 2 is 2.25 bits per heavy atom. The molecule has 1 aromatic heterocycles. The number of carbonyl (C=O) groups excluding carboxylic acids is 1. The van der Waals surface area contributed by atoms with Crippen molar-refractivity contribution in [1.29, 1.82) is 0 Å². The molecule has 0 aromatic carbocycles. The molecule has 1 atom stereocenters. The van der Waals surface area contributed by atoms with Gasteiger partial charge in [0.15, 0.2) is 0 Å². The lowest BCUT2D eigenvalue weighted by molar-refractivity contribution is -0.0119. The maximum Gasteiger partial charge on any atom is 0.274 e. The summed E-state index contributed by atoms with van der Waals surface area (Å²) in [5, 5.41) is 4.21. The molecule has 0 aliphatic carbocycles. The van der Waals surface area contributed by atoms with E-state index < -0.39 is 0 Å². The van der Waals surface area contributed by atoms with Crippen LogP contribution in [0.3, 0.4) is 0 Å². The van der Waals surface area contributed by atoms with E-state index in [9.17, 15) is 4.79 Å². The van der Waals surface area contributed by atoms with Crippen LogP contribution in [0.4, 0.5) is 0 Å². The Hall–Kier alpha value is -1.05. The van der Waals surface area contributed by atoms with Crippen LogP contribution in [-0.2, 0) is 16.5 Å². The maximum atomic E-state index is 12.4. The summed E-state index contributed by atoms with van der Waals surface area (Å²) in [6.07, 6.45) is 5.46. The summed E-state index contributed by atoms with van der Waals surface area (Å²) in [6, 6.07) is 1.79. The highest BCUT2D eigenvalue weighted by molar-refractivity contribution is 8.01. The SMILES string of the molecule is Cn1ccc(C(=O)N2CC3(C[C@H](OCC4CCOCC4)CS3)C2)n1. The van der Waals surface area contributed by atoms with Crippen LogP contribution >= 0.6 is 11.8 Å². The van der Waals surface area contributed by atoms with Crippen LogP contribution in [0, 0.1) is 5.92 Å². The number of rotatable bonds is 4. The highest BCUT2D eigenvalue weighted by Gasteiger charge is 2.51. The molecule has 3 aliphatic heterocycles. The molecule has 3 fully saturated rings. The van der Waals surface area contributed by atoms with Crippen LogP contribution in [0.5, 0.6) is 0 Å². The first-order chi connectivity index (χ1) is 11.6. The summed E-state index contributed by atoms with van der Waals surface area (Å²) in [7, 11) is 1.83. The van der Waals surface area contributed by atoms with Crippen molar-refractivity contribution < 1.29 is 14.3 Å². The molecular weight excluding hydrogens is 326 g/mol. The third-order valence-electron chi connectivity index (χ3n) is 5.26. The molecule has 3 saturated heterocycles. The predicted molar refractivity (Wildman–Crippen MR) is 92.2 cm³/mol. The first kappa shape index (κ1) is 16.4. The van der Waals surface area contributed by atoms with E-state index in [0.29, 0.717) is 17.7 Å². The zero-order chi connectivity index (χ0) is 16.6. The molecule has 1 aromatic rings. The lowest BCUT2D eigenvalue weighted by Crippen LogP contribution is -2.60. The predicted octanol–water partition coefficient (Wildman–Crippen LogP) is 1.56. The zero-order valence-electron chi connectivity index (χ0n) is 14.1. The highest BCUT2D eigenvalue weighted by Crippen LogP contribution is 2.46. The first-order valence-electron chi connectivity index (χ1n) is 8.76. The molecule has 0 saturated carbocycles. The van der Waals surface area contributed by atoms with Gasteiger partial charge in [-0.15, -0.1) is 11.8 Å². The minimum Gasteiger partial charge on any atom is -0.381 e. The third kappa shape index (κ3) is 3.34. The Balaban J connectivity index is 1.23. The number of hydrogen-bond acceptors (Lipinski definition) is 5. The van der Waals surface area contributed by atoms with Gasteiger partial charge in [-0.25, -0.2) is 0 Å². The fraction of sp³-hybridized carbons (Fsp3) is 0.765. The van der Waals surface area contributed by atoms with Crippen LogP contribution < -0.4 is 0 Å². The van der Waals surface area contributed by atoms with Crippen LogP contribution in [0.2, 0.25) is 0 Å². The van der Waals surface area contributed by atoms with Crippen LogP contribution in [0.1, 0.15) is 29.8 Å². The quantitative estimate of drug-likeness (QED) is 0.824. The van der Waals surface area contributed by atoms with E-state index in [0.717, 1.165) is 57.9 Å². The van der Waals surface area contributed by atoms with Gasteiger partial charge in [0.2, 0.25) is 0 Å². The second-order valence-corrected chi connectivity index (χ2v) is 8.73. The Morgan fingerprint density at radius 3 is 2.96 bits per heavy atom. The van der Waals surface area contributed by atoms with E-state index in [1.165, 1.54) is 0 Å². The Labute approximate surface area is 146 Å². The second-order valence-electron chi connectivity index (χ2n) is 7.25. The van der Waals surface area contributed by atoms with Gasteiger partial charge in [0.05, 0.1) is 10.9 Å². The zero-order valence-corrected chi connectivity index (χ0v) is 15.0. The molecule has 0 N–H and O–H groups in total. The van der Waals surface area contributed by atoms with E-state index in [1.807, 2.05) is 29.9 Å². The number of carbonyl (C=O) groups is 1. The van der Waals surface area contributed by atoms with Gasteiger partial charge in [-0.3, -0.25) is 9.48 Å².